The molecule has 7 nitrogen and oxygen atoms in total. The highest BCUT2D eigenvalue weighted by molar-refractivity contribution is 6.04. The van der Waals surface area contributed by atoms with E-state index in [2.05, 4.69) is 30.2 Å². The number of oxazole rings is 1. The molecule has 0 fully saturated rings. The minimum absolute atomic E-state index is 0.135. The first-order valence-corrected chi connectivity index (χ1v) is 10.0. The topological polar surface area (TPSA) is 98.3 Å². The lowest BCUT2D eigenvalue weighted by molar-refractivity contribution is -0.384. The van der Waals surface area contributed by atoms with Crippen molar-refractivity contribution in [2.75, 3.05) is 5.32 Å². The minimum Gasteiger partial charge on any atom is -0.436 e. The molecule has 1 aromatic heterocycles. The summed E-state index contributed by atoms with van der Waals surface area (Å²) in [4.78, 5) is 27.6. The average molecular weight is 415 g/mol. The summed E-state index contributed by atoms with van der Waals surface area (Å²) >= 11 is 0. The van der Waals surface area contributed by atoms with Gasteiger partial charge in [0.2, 0.25) is 5.89 Å². The molecule has 7 heteroatoms. The van der Waals surface area contributed by atoms with E-state index in [9.17, 15) is 14.9 Å². The normalized spacial score (nSPS) is 11.9. The molecule has 0 unspecified atom stereocenters. The fourth-order valence-corrected chi connectivity index (χ4v) is 3.30. The zero-order valence-electron chi connectivity index (χ0n) is 17.2. The third-order valence-corrected chi connectivity index (χ3v) is 5.28. The molecular formula is C24H21N3O4. The highest BCUT2D eigenvalue weighted by atomic mass is 16.6. The van der Waals surface area contributed by atoms with Gasteiger partial charge in [0.15, 0.2) is 5.58 Å². The highest BCUT2D eigenvalue weighted by Crippen LogP contribution is 2.29. The molecule has 0 bridgehead atoms. The van der Waals surface area contributed by atoms with E-state index >= 15 is 0 Å². The van der Waals surface area contributed by atoms with Crippen molar-refractivity contribution < 1.29 is 14.1 Å². The summed E-state index contributed by atoms with van der Waals surface area (Å²) < 4.78 is 5.91. The Bertz CT molecular complexity index is 1280. The highest BCUT2D eigenvalue weighted by Gasteiger charge is 2.14. The average Bonchev–Trinajstić information content (AvgIpc) is 3.22. The summed E-state index contributed by atoms with van der Waals surface area (Å²) in [6.45, 7) is 4.33. The van der Waals surface area contributed by atoms with Crippen LogP contribution in [0.15, 0.2) is 71.1 Å². The Hall–Kier alpha value is -4.00. The number of hydrogen-bond acceptors (Lipinski definition) is 5. The molecule has 0 aliphatic carbocycles. The Labute approximate surface area is 178 Å². The molecule has 1 amide bonds. The van der Waals surface area contributed by atoms with E-state index in [1.165, 1.54) is 29.8 Å². The maximum absolute atomic E-state index is 12.5. The van der Waals surface area contributed by atoms with Crippen LogP contribution >= 0.6 is 0 Å². The molecule has 0 aliphatic rings. The van der Waals surface area contributed by atoms with E-state index in [-0.39, 0.29) is 11.3 Å². The first-order chi connectivity index (χ1) is 14.9. The van der Waals surface area contributed by atoms with E-state index in [1.54, 1.807) is 18.2 Å². The van der Waals surface area contributed by atoms with E-state index < -0.39 is 10.8 Å². The molecule has 31 heavy (non-hydrogen) atoms. The Morgan fingerprint density at radius 3 is 2.71 bits per heavy atom. The van der Waals surface area contributed by atoms with Gasteiger partial charge >= 0.3 is 0 Å². The lowest BCUT2D eigenvalue weighted by atomic mass is 9.98. The van der Waals surface area contributed by atoms with Gasteiger partial charge in [-0.1, -0.05) is 32.0 Å². The van der Waals surface area contributed by atoms with Gasteiger partial charge in [-0.05, 0) is 54.3 Å². The molecule has 3 aromatic carbocycles. The number of carbonyl (C=O) groups excluding carboxylic acids is 1. The number of carbonyl (C=O) groups is 1. The molecule has 4 rings (SSSR count). The molecule has 1 atom stereocenters. The number of aromatic nitrogens is 1. The summed E-state index contributed by atoms with van der Waals surface area (Å²) in [5.41, 5.74) is 4.04. The van der Waals surface area contributed by atoms with Crippen LogP contribution in [0, 0.1) is 10.1 Å². The van der Waals surface area contributed by atoms with Crippen LogP contribution in [0.25, 0.3) is 22.6 Å². The van der Waals surface area contributed by atoms with E-state index in [0.717, 1.165) is 17.5 Å². The van der Waals surface area contributed by atoms with Crippen LogP contribution in [-0.2, 0) is 0 Å². The Balaban J connectivity index is 1.59. The van der Waals surface area contributed by atoms with Gasteiger partial charge in [0.25, 0.3) is 11.6 Å². The molecular weight excluding hydrogens is 394 g/mol. The predicted octanol–water partition coefficient (Wildman–Crippen LogP) is 6.17. The second-order valence-electron chi connectivity index (χ2n) is 7.40. The number of anilines is 1. The first-order valence-electron chi connectivity index (χ1n) is 10.0. The Morgan fingerprint density at radius 1 is 1.13 bits per heavy atom. The van der Waals surface area contributed by atoms with Crippen molar-refractivity contribution in [1.82, 2.24) is 4.98 Å². The molecule has 1 N–H and O–H groups in total. The van der Waals surface area contributed by atoms with Crippen molar-refractivity contribution in [1.29, 1.82) is 0 Å². The third kappa shape index (κ3) is 4.30. The fourth-order valence-electron chi connectivity index (χ4n) is 3.30. The lowest BCUT2D eigenvalue weighted by Crippen LogP contribution is -2.12. The smallest absolute Gasteiger partial charge is 0.270 e. The number of hydrogen-bond donors (Lipinski definition) is 1. The van der Waals surface area contributed by atoms with Gasteiger partial charge in [0.1, 0.15) is 5.52 Å². The quantitative estimate of drug-likeness (QED) is 0.300. The van der Waals surface area contributed by atoms with E-state index in [0.29, 0.717) is 23.1 Å². The van der Waals surface area contributed by atoms with Crippen LogP contribution < -0.4 is 5.32 Å². The summed E-state index contributed by atoms with van der Waals surface area (Å²) in [5.74, 6) is 0.469. The second kappa shape index (κ2) is 8.39. The second-order valence-corrected chi connectivity index (χ2v) is 7.40. The van der Waals surface area contributed by atoms with Crippen LogP contribution in [0.1, 0.15) is 42.1 Å². The van der Waals surface area contributed by atoms with Gasteiger partial charge in [-0.3, -0.25) is 14.9 Å². The van der Waals surface area contributed by atoms with Crippen LogP contribution in [0.5, 0.6) is 0 Å². The van der Waals surface area contributed by atoms with Gasteiger partial charge in [-0.15, -0.1) is 0 Å². The van der Waals surface area contributed by atoms with Crippen molar-refractivity contribution in [2.45, 2.75) is 26.2 Å². The maximum Gasteiger partial charge on any atom is 0.270 e. The number of fused-ring (bicyclic) bond motifs is 1. The fraction of sp³-hybridized carbons (Fsp3) is 0.167. The number of nitrogens with zero attached hydrogens (tertiary/aromatic N) is 2. The number of non-ortho nitro benzene ring substituents is 1. The predicted molar refractivity (Wildman–Crippen MR) is 119 cm³/mol. The molecule has 1 heterocycles. The number of nitrogens with one attached hydrogen (secondary N) is 1. The van der Waals surface area contributed by atoms with Crippen molar-refractivity contribution in [3.63, 3.8) is 0 Å². The minimum atomic E-state index is -0.530. The maximum atomic E-state index is 12.5. The number of amides is 1. The van der Waals surface area contributed by atoms with Crippen molar-refractivity contribution in [2.24, 2.45) is 0 Å². The largest absolute Gasteiger partial charge is 0.436 e. The Morgan fingerprint density at radius 2 is 1.94 bits per heavy atom. The van der Waals surface area contributed by atoms with Crippen molar-refractivity contribution in [3.05, 3.63) is 88.0 Å². The SMILES string of the molecule is CC[C@@H](C)c1ccc2oc(-c3cccc(NC(=O)c4cccc([N+](=O)[O-])c4)c3)nc2c1. The first kappa shape index (κ1) is 20.3. The zero-order valence-corrected chi connectivity index (χ0v) is 17.2. The van der Waals surface area contributed by atoms with Gasteiger partial charge in [-0.25, -0.2) is 4.98 Å². The molecule has 4 aromatic rings. The molecule has 0 saturated heterocycles. The molecule has 156 valence electrons. The zero-order chi connectivity index (χ0) is 22.0. The summed E-state index contributed by atoms with van der Waals surface area (Å²) in [6.07, 6.45) is 1.04. The van der Waals surface area contributed by atoms with Gasteiger partial charge in [0, 0.05) is 28.9 Å². The van der Waals surface area contributed by atoms with Crippen LogP contribution in [0.3, 0.4) is 0 Å². The molecule has 0 spiro atoms. The standard InChI is InChI=1S/C24H21N3O4/c1-3-15(2)16-10-11-22-21(14-16)26-24(31-22)18-7-4-8-19(12-18)25-23(28)17-6-5-9-20(13-17)27(29)30/h4-15H,3H2,1-2H3,(H,25,28)/t15-/m1/s1. The van der Waals surface area contributed by atoms with Gasteiger partial charge in [-0.2, -0.15) is 0 Å². The summed E-state index contributed by atoms with van der Waals surface area (Å²) in [5, 5.41) is 13.7. The number of rotatable bonds is 6. The van der Waals surface area contributed by atoms with Crippen LogP contribution in [0.2, 0.25) is 0 Å². The van der Waals surface area contributed by atoms with Crippen molar-refractivity contribution in [3.8, 4) is 11.5 Å². The van der Waals surface area contributed by atoms with Gasteiger partial charge in [0.05, 0.1) is 4.92 Å². The van der Waals surface area contributed by atoms with Crippen LogP contribution in [0.4, 0.5) is 11.4 Å². The van der Waals surface area contributed by atoms with Gasteiger partial charge < -0.3 is 9.73 Å². The summed E-state index contributed by atoms with van der Waals surface area (Å²) in [7, 11) is 0. The number of benzene rings is 3. The lowest BCUT2D eigenvalue weighted by Gasteiger charge is -2.07. The molecule has 0 radical (unpaired) electrons. The third-order valence-electron chi connectivity index (χ3n) is 5.28. The molecule has 0 saturated carbocycles. The summed E-state index contributed by atoms with van der Waals surface area (Å²) in [6, 6.07) is 18.8. The number of nitro groups is 1. The van der Waals surface area contributed by atoms with E-state index in [4.69, 9.17) is 4.42 Å². The van der Waals surface area contributed by atoms with E-state index in [1.807, 2.05) is 18.2 Å². The van der Waals surface area contributed by atoms with Crippen LogP contribution in [-0.4, -0.2) is 15.8 Å². The van der Waals surface area contributed by atoms with Crippen molar-refractivity contribution >= 4 is 28.4 Å². The number of nitro benzene ring substituents is 1. The Kier molecular flexibility index (Phi) is 5.49. The molecule has 0 aliphatic heterocycles. The monoisotopic (exact) mass is 415 g/mol.